The van der Waals surface area contributed by atoms with Gasteiger partial charge in [0.25, 0.3) is 0 Å². The second-order valence-electron chi connectivity index (χ2n) is 20.2. The number of nitrogens with one attached hydrogen (secondary N) is 2. The second-order valence-corrected chi connectivity index (χ2v) is 20.2. The average molecular weight is 879 g/mol. The van der Waals surface area contributed by atoms with Gasteiger partial charge in [0.2, 0.25) is 11.8 Å². The number of rotatable bonds is 14. The monoisotopic (exact) mass is 879 g/mol. The summed E-state index contributed by atoms with van der Waals surface area (Å²) in [4.78, 5) is 57.9. The van der Waals surface area contributed by atoms with E-state index in [0.29, 0.717) is 30.2 Å². The lowest BCUT2D eigenvalue weighted by Gasteiger charge is -2.33. The maximum Gasteiger partial charge on any atom is 0.306 e. The minimum absolute atomic E-state index is 0.0231. The van der Waals surface area contributed by atoms with Crippen molar-refractivity contribution in [1.82, 2.24) is 25.1 Å². The van der Waals surface area contributed by atoms with Gasteiger partial charge in [-0.2, -0.15) is 0 Å². The van der Waals surface area contributed by atoms with Crippen molar-refractivity contribution in [2.24, 2.45) is 28.7 Å². The molecule has 2 saturated heterocycles. The number of hydrogen-bond donors (Lipinski definition) is 2. The first-order valence-corrected chi connectivity index (χ1v) is 24.0. The van der Waals surface area contributed by atoms with Crippen LogP contribution < -0.4 is 5.32 Å². The Bertz CT molecular complexity index is 2520. The number of fused-ring (bicyclic) bond motifs is 6. The number of imidazole rings is 1. The average Bonchev–Trinajstić information content (AvgIpc) is 4.17. The van der Waals surface area contributed by atoms with Crippen LogP contribution in [-0.4, -0.2) is 82.2 Å². The van der Waals surface area contributed by atoms with Crippen molar-refractivity contribution in [2.75, 3.05) is 20.8 Å². The Balaban J connectivity index is 0.933. The van der Waals surface area contributed by atoms with Crippen molar-refractivity contribution in [1.29, 1.82) is 0 Å². The largest absolute Gasteiger partial charge is 0.483 e. The molecule has 2 bridgehead atoms. The van der Waals surface area contributed by atoms with Crippen LogP contribution in [0.3, 0.4) is 0 Å². The highest BCUT2D eigenvalue weighted by Gasteiger charge is 2.44. The van der Waals surface area contributed by atoms with Gasteiger partial charge in [0.1, 0.15) is 11.9 Å². The molecule has 2 unspecified atom stereocenters. The highest BCUT2D eigenvalue weighted by atomic mass is 16.5. The molecular formula is C54H66N6O5. The van der Waals surface area contributed by atoms with E-state index in [1.165, 1.54) is 65.3 Å². The first-order chi connectivity index (χ1) is 31.2. The number of H-pyrrole nitrogens is 1. The molecule has 0 spiro atoms. The number of esters is 1. The van der Waals surface area contributed by atoms with E-state index in [2.05, 4.69) is 85.3 Å². The Labute approximate surface area is 384 Å². The van der Waals surface area contributed by atoms with Crippen LogP contribution in [0.4, 0.5) is 5.69 Å². The number of methoxy groups -OCH3 is 2. The zero-order valence-corrected chi connectivity index (χ0v) is 39.4. The summed E-state index contributed by atoms with van der Waals surface area (Å²) in [5, 5.41) is 3.19. The number of hydrogen-bond acceptors (Lipinski definition) is 8. The van der Waals surface area contributed by atoms with Gasteiger partial charge in [-0.05, 0) is 138 Å². The lowest BCUT2D eigenvalue weighted by Crippen LogP contribution is -2.50. The minimum Gasteiger partial charge on any atom is -0.483 e. The summed E-state index contributed by atoms with van der Waals surface area (Å²) >= 11 is 0. The van der Waals surface area contributed by atoms with E-state index in [0.717, 1.165) is 54.2 Å². The molecule has 3 aliphatic heterocycles. The third-order valence-corrected chi connectivity index (χ3v) is 15.3. The van der Waals surface area contributed by atoms with E-state index in [1.807, 2.05) is 43.7 Å². The van der Waals surface area contributed by atoms with Gasteiger partial charge in [-0.25, -0.2) is 4.98 Å². The van der Waals surface area contributed by atoms with Crippen molar-refractivity contribution >= 4 is 29.2 Å². The summed E-state index contributed by atoms with van der Waals surface area (Å²) in [5.41, 5.74) is 13.4. The van der Waals surface area contributed by atoms with Crippen LogP contribution in [0.1, 0.15) is 127 Å². The van der Waals surface area contributed by atoms with Crippen molar-refractivity contribution in [3.05, 3.63) is 95.8 Å². The summed E-state index contributed by atoms with van der Waals surface area (Å²) in [6, 6.07) is 19.7. The molecule has 2 amide bonds. The number of carbonyl (C=O) groups is 3. The van der Waals surface area contributed by atoms with Crippen molar-refractivity contribution in [2.45, 2.75) is 129 Å². The van der Waals surface area contributed by atoms with Gasteiger partial charge < -0.3 is 29.6 Å². The topological polar surface area (TPSA) is 129 Å². The van der Waals surface area contributed by atoms with Crippen LogP contribution >= 0.6 is 0 Å². The molecule has 5 aliphatic rings. The normalized spacial score (nSPS) is 24.0. The molecule has 11 nitrogen and oxygen atoms in total. The molecule has 4 heterocycles. The van der Waals surface area contributed by atoms with Crippen LogP contribution in [-0.2, 0) is 30.3 Å². The highest BCUT2D eigenvalue weighted by Crippen LogP contribution is 2.58. The Kier molecular flexibility index (Phi) is 12.3. The SMILES string of the molecule is C=C(N[C@H](C(=O)N1[C@@H](C)CC[C@H]1c1ncc(-c2ccc(-c3ccc(-c4ccc5c(c4)CC([C@@H]4C[C@H](C)CN4C(=O)[C@@H](CC(=O)OC)C(C)C)=N5)c4c3C3CCC4C3)cc2)[nH]1)C(C)C)OC. The van der Waals surface area contributed by atoms with E-state index < -0.39 is 12.0 Å². The molecule has 3 fully saturated rings. The van der Waals surface area contributed by atoms with E-state index in [9.17, 15) is 14.4 Å². The quantitative estimate of drug-likeness (QED) is 0.0953. The van der Waals surface area contributed by atoms with Crippen molar-refractivity contribution in [3.8, 4) is 33.5 Å². The molecule has 1 aromatic heterocycles. The summed E-state index contributed by atoms with van der Waals surface area (Å²) in [6.45, 7) is 17.0. The fraction of sp³-hybridized carbons (Fsp3) is 0.500. The Morgan fingerprint density at radius 1 is 0.815 bits per heavy atom. The lowest BCUT2D eigenvalue weighted by molar-refractivity contribution is -0.148. The summed E-state index contributed by atoms with van der Waals surface area (Å²) < 4.78 is 10.2. The van der Waals surface area contributed by atoms with Gasteiger partial charge in [-0.3, -0.25) is 19.4 Å². The summed E-state index contributed by atoms with van der Waals surface area (Å²) in [6.07, 6.45) is 9.01. The fourth-order valence-corrected chi connectivity index (χ4v) is 11.8. The number of likely N-dealkylation sites (tertiary alicyclic amines) is 2. The van der Waals surface area contributed by atoms with Crippen molar-refractivity contribution in [3.63, 3.8) is 0 Å². The van der Waals surface area contributed by atoms with Gasteiger partial charge in [-0.15, -0.1) is 0 Å². The fourth-order valence-electron chi connectivity index (χ4n) is 11.8. The molecule has 342 valence electrons. The standard InChI is InChI=1S/C54H66N6O5/c1-29(2)42(26-48(61)65-9)53(62)59-28-31(5)22-47(59)44-25-39-23-36(17-20-43(39)57-44)41-19-18-40(49-37-15-16-38(24-37)50(41)49)34-11-13-35(14-12-34)45-27-55-52(58-45)46-21-10-32(6)60(46)54(63)51(30(3)4)56-33(7)64-8/h11-14,17-20,23,27,29-32,37-38,42,46-47,51,56H,7,10,15-16,21-22,24-26,28H2,1-6,8-9H3,(H,55,58)/t31-,32-,37?,38?,42-,46-,47-,51-/m0/s1. The number of aromatic nitrogens is 2. The van der Waals surface area contributed by atoms with E-state index in [-0.39, 0.29) is 54.2 Å². The van der Waals surface area contributed by atoms with E-state index in [4.69, 9.17) is 19.5 Å². The molecule has 1 saturated carbocycles. The van der Waals surface area contributed by atoms with Gasteiger partial charge in [0.15, 0.2) is 5.88 Å². The predicted molar refractivity (Wildman–Crippen MR) is 255 cm³/mol. The molecule has 2 aliphatic carbocycles. The number of carbonyl (C=O) groups excluding carboxylic acids is 3. The highest BCUT2D eigenvalue weighted by molar-refractivity contribution is 6.01. The number of aromatic amines is 1. The molecule has 65 heavy (non-hydrogen) atoms. The van der Waals surface area contributed by atoms with Gasteiger partial charge in [0, 0.05) is 24.7 Å². The number of benzene rings is 3. The maximum absolute atomic E-state index is 14.0. The van der Waals surface area contributed by atoms with Gasteiger partial charge >= 0.3 is 5.97 Å². The summed E-state index contributed by atoms with van der Waals surface area (Å²) in [7, 11) is 2.94. The van der Waals surface area contributed by atoms with Crippen LogP contribution in [0.5, 0.6) is 0 Å². The first kappa shape index (κ1) is 44.5. The number of aliphatic imine (C=N–C) groups is 1. The van der Waals surface area contributed by atoms with Crippen molar-refractivity contribution < 1.29 is 23.9 Å². The molecule has 0 radical (unpaired) electrons. The molecular weight excluding hydrogens is 813 g/mol. The van der Waals surface area contributed by atoms with E-state index >= 15 is 0 Å². The Morgan fingerprint density at radius 2 is 1.49 bits per heavy atom. The number of nitrogens with zero attached hydrogens (tertiary/aromatic N) is 4. The molecule has 9 rings (SSSR count). The molecule has 4 aromatic rings. The number of amides is 2. The molecule has 11 heteroatoms. The minimum atomic E-state index is -0.447. The zero-order chi connectivity index (χ0) is 45.8. The van der Waals surface area contributed by atoms with Gasteiger partial charge in [-0.1, -0.05) is 77.1 Å². The predicted octanol–water partition coefficient (Wildman–Crippen LogP) is 10.3. The lowest BCUT2D eigenvalue weighted by atomic mass is 9.81. The third-order valence-electron chi connectivity index (χ3n) is 15.3. The van der Waals surface area contributed by atoms with Crippen LogP contribution in [0.2, 0.25) is 0 Å². The maximum atomic E-state index is 14.0. The molecule has 2 N–H and O–H groups in total. The zero-order valence-electron chi connectivity index (χ0n) is 39.4. The van der Waals surface area contributed by atoms with E-state index in [1.54, 1.807) is 7.11 Å². The first-order valence-electron chi connectivity index (χ1n) is 24.0. The van der Waals surface area contributed by atoms with Crippen LogP contribution in [0.25, 0.3) is 33.5 Å². The van der Waals surface area contributed by atoms with Crippen LogP contribution in [0.15, 0.2) is 78.2 Å². The Morgan fingerprint density at radius 3 is 2.15 bits per heavy atom. The van der Waals surface area contributed by atoms with Gasteiger partial charge in [0.05, 0.1) is 56.2 Å². The Hall–Kier alpha value is -5.71. The second kappa shape index (κ2) is 17.9. The number of ether oxygens (including phenoxy) is 2. The smallest absolute Gasteiger partial charge is 0.306 e. The third kappa shape index (κ3) is 8.29. The summed E-state index contributed by atoms with van der Waals surface area (Å²) in [5.74, 6) is 2.04. The molecule has 3 aromatic carbocycles. The molecule has 8 atom stereocenters. The van der Waals surface area contributed by atoms with Crippen LogP contribution in [0, 0.1) is 23.7 Å².